The molecule has 0 aliphatic heterocycles. The SMILES string of the molecule is CCCC(CCC)[S+]([O-])N(Cc1ccc(-c2nnc(C(F)F)o2)cc1)c1cccc(C)c1. The molecule has 5 nitrogen and oxygen atoms in total. The highest BCUT2D eigenvalue weighted by Gasteiger charge is 2.29. The Morgan fingerprint density at radius 1 is 1.03 bits per heavy atom. The summed E-state index contributed by atoms with van der Waals surface area (Å²) in [6, 6.07) is 15.3. The first kappa shape index (κ1) is 24.2. The quantitative estimate of drug-likeness (QED) is 0.300. The lowest BCUT2D eigenvalue weighted by Gasteiger charge is -2.31. The Labute approximate surface area is 191 Å². The zero-order valence-electron chi connectivity index (χ0n) is 18.6. The smallest absolute Gasteiger partial charge is 0.314 e. The summed E-state index contributed by atoms with van der Waals surface area (Å²) in [5.41, 5.74) is 3.53. The van der Waals surface area contributed by atoms with Crippen molar-refractivity contribution < 1.29 is 17.8 Å². The molecule has 0 aliphatic rings. The summed E-state index contributed by atoms with van der Waals surface area (Å²) in [6.45, 7) is 6.72. The molecule has 8 heteroatoms. The summed E-state index contributed by atoms with van der Waals surface area (Å²) in [4.78, 5) is 0. The number of alkyl halides is 2. The molecule has 0 saturated heterocycles. The number of benzene rings is 2. The molecule has 172 valence electrons. The summed E-state index contributed by atoms with van der Waals surface area (Å²) in [5, 5.41) is 7.16. The van der Waals surface area contributed by atoms with E-state index in [2.05, 4.69) is 24.0 Å². The first-order valence-corrected chi connectivity index (χ1v) is 12.1. The van der Waals surface area contributed by atoms with Crippen molar-refractivity contribution >= 4 is 17.0 Å². The van der Waals surface area contributed by atoms with Gasteiger partial charge in [-0.1, -0.05) is 51.0 Å². The van der Waals surface area contributed by atoms with Crippen LogP contribution in [0.5, 0.6) is 0 Å². The fourth-order valence-electron chi connectivity index (χ4n) is 3.57. The average Bonchev–Trinajstić information content (AvgIpc) is 3.28. The highest BCUT2D eigenvalue weighted by molar-refractivity contribution is 7.93. The van der Waals surface area contributed by atoms with Crippen LogP contribution in [0, 0.1) is 6.92 Å². The van der Waals surface area contributed by atoms with Crippen LogP contribution in [-0.4, -0.2) is 20.0 Å². The summed E-state index contributed by atoms with van der Waals surface area (Å²) >= 11 is -1.19. The van der Waals surface area contributed by atoms with E-state index in [-0.39, 0.29) is 11.1 Å². The van der Waals surface area contributed by atoms with Gasteiger partial charge in [-0.25, -0.2) is 0 Å². The van der Waals surface area contributed by atoms with E-state index in [9.17, 15) is 13.3 Å². The van der Waals surface area contributed by atoms with Crippen molar-refractivity contribution in [3.8, 4) is 11.5 Å². The molecule has 0 aliphatic carbocycles. The van der Waals surface area contributed by atoms with Crippen molar-refractivity contribution in [3.05, 3.63) is 65.5 Å². The van der Waals surface area contributed by atoms with Gasteiger partial charge in [-0.3, -0.25) is 0 Å². The monoisotopic (exact) mass is 461 g/mol. The molecule has 0 fully saturated rings. The molecule has 3 rings (SSSR count). The molecule has 0 radical (unpaired) electrons. The van der Waals surface area contributed by atoms with Crippen LogP contribution in [0.25, 0.3) is 11.5 Å². The van der Waals surface area contributed by atoms with Gasteiger partial charge < -0.3 is 8.97 Å². The van der Waals surface area contributed by atoms with Crippen LogP contribution in [-0.2, 0) is 17.9 Å². The van der Waals surface area contributed by atoms with Gasteiger partial charge in [0.2, 0.25) is 5.89 Å². The minimum Gasteiger partial charge on any atom is -0.593 e. The van der Waals surface area contributed by atoms with E-state index in [0.717, 1.165) is 42.5 Å². The van der Waals surface area contributed by atoms with E-state index < -0.39 is 23.7 Å². The van der Waals surface area contributed by atoms with E-state index in [1.54, 1.807) is 12.1 Å². The molecule has 1 atom stereocenters. The van der Waals surface area contributed by atoms with E-state index in [4.69, 9.17) is 4.42 Å². The second-order valence-corrected chi connectivity index (χ2v) is 9.45. The summed E-state index contributed by atoms with van der Waals surface area (Å²) in [5.74, 6) is -0.639. The molecule has 3 aromatic rings. The van der Waals surface area contributed by atoms with Crippen molar-refractivity contribution in [2.75, 3.05) is 4.31 Å². The number of aromatic nitrogens is 2. The van der Waals surface area contributed by atoms with Crippen molar-refractivity contribution in [1.82, 2.24) is 10.2 Å². The molecular weight excluding hydrogens is 432 g/mol. The van der Waals surface area contributed by atoms with Crippen molar-refractivity contribution in [2.45, 2.75) is 64.7 Å². The lowest BCUT2D eigenvalue weighted by atomic mass is 10.1. The van der Waals surface area contributed by atoms with Crippen LogP contribution in [0.3, 0.4) is 0 Å². The normalized spacial score (nSPS) is 12.5. The first-order chi connectivity index (χ1) is 15.4. The van der Waals surface area contributed by atoms with E-state index in [1.807, 2.05) is 47.6 Å². The number of hydrogen-bond donors (Lipinski definition) is 0. The fraction of sp³-hybridized carbons (Fsp3) is 0.417. The molecular formula is C24H29F2N3O2S. The summed E-state index contributed by atoms with van der Waals surface area (Å²) in [7, 11) is 0. The Morgan fingerprint density at radius 3 is 2.28 bits per heavy atom. The molecule has 0 amide bonds. The van der Waals surface area contributed by atoms with Crippen LogP contribution in [0.4, 0.5) is 14.5 Å². The molecule has 0 N–H and O–H groups in total. The van der Waals surface area contributed by atoms with Crippen LogP contribution in [0.2, 0.25) is 0 Å². The molecule has 32 heavy (non-hydrogen) atoms. The number of hydrogen-bond acceptors (Lipinski definition) is 5. The zero-order valence-corrected chi connectivity index (χ0v) is 19.4. The van der Waals surface area contributed by atoms with Crippen LogP contribution in [0.1, 0.15) is 63.0 Å². The molecule has 1 unspecified atom stereocenters. The molecule has 0 bridgehead atoms. The third-order valence-corrected chi connectivity index (χ3v) is 6.98. The molecule has 0 saturated carbocycles. The number of halogens is 2. The maximum atomic E-state index is 13.6. The highest BCUT2D eigenvalue weighted by atomic mass is 32.2. The van der Waals surface area contributed by atoms with Crippen LogP contribution < -0.4 is 4.31 Å². The van der Waals surface area contributed by atoms with Crippen molar-refractivity contribution in [1.29, 1.82) is 0 Å². The number of aryl methyl sites for hydroxylation is 1. The van der Waals surface area contributed by atoms with Gasteiger partial charge in [-0.05, 0) is 55.2 Å². The van der Waals surface area contributed by atoms with Gasteiger partial charge in [0.25, 0.3) is 5.89 Å². The topological polar surface area (TPSA) is 65.2 Å². The van der Waals surface area contributed by atoms with Gasteiger partial charge in [0.15, 0.2) is 0 Å². The second kappa shape index (κ2) is 11.4. The number of anilines is 1. The zero-order chi connectivity index (χ0) is 23.1. The predicted molar refractivity (Wildman–Crippen MR) is 124 cm³/mol. The Kier molecular flexibility index (Phi) is 8.64. The lowest BCUT2D eigenvalue weighted by Crippen LogP contribution is -2.38. The predicted octanol–water partition coefficient (Wildman–Crippen LogP) is 6.62. The van der Waals surface area contributed by atoms with E-state index >= 15 is 0 Å². The standard InChI is InChI=1S/C24H29F2N3O2S/c1-4-7-21(8-5-2)32(30)29(20-10-6-9-17(3)15-20)16-18-11-13-19(14-12-18)23-27-28-24(31-23)22(25)26/h6,9-15,21-22H,4-5,7-8,16H2,1-3H3. The third-order valence-electron chi connectivity index (χ3n) is 5.17. The number of nitrogens with zero attached hydrogens (tertiary/aromatic N) is 3. The van der Waals surface area contributed by atoms with Crippen LogP contribution in [0.15, 0.2) is 52.9 Å². The largest absolute Gasteiger partial charge is 0.593 e. The van der Waals surface area contributed by atoms with Gasteiger partial charge in [0.1, 0.15) is 5.25 Å². The first-order valence-electron chi connectivity index (χ1n) is 10.9. The Bertz CT molecular complexity index is 975. The molecule has 0 spiro atoms. The van der Waals surface area contributed by atoms with E-state index in [1.165, 1.54) is 0 Å². The summed E-state index contributed by atoms with van der Waals surface area (Å²) < 4.78 is 46.0. The van der Waals surface area contributed by atoms with Gasteiger partial charge in [0, 0.05) is 5.56 Å². The average molecular weight is 462 g/mol. The minimum absolute atomic E-state index is 0.0527. The Balaban J connectivity index is 1.85. The number of rotatable bonds is 11. The maximum Gasteiger partial charge on any atom is 0.314 e. The maximum absolute atomic E-state index is 13.6. The van der Waals surface area contributed by atoms with Gasteiger partial charge >= 0.3 is 6.43 Å². The Hall–Kier alpha value is -2.45. The van der Waals surface area contributed by atoms with Gasteiger partial charge in [-0.15, -0.1) is 10.2 Å². The second-order valence-electron chi connectivity index (χ2n) is 7.79. The molecule has 1 heterocycles. The van der Waals surface area contributed by atoms with Gasteiger partial charge in [0.05, 0.1) is 23.6 Å². The van der Waals surface area contributed by atoms with Crippen molar-refractivity contribution in [2.24, 2.45) is 0 Å². The van der Waals surface area contributed by atoms with E-state index in [0.29, 0.717) is 12.1 Å². The molecule has 1 aromatic heterocycles. The minimum atomic E-state index is -2.80. The molecule has 2 aromatic carbocycles. The fourth-order valence-corrected chi connectivity index (χ4v) is 5.40. The Morgan fingerprint density at radius 2 is 1.72 bits per heavy atom. The van der Waals surface area contributed by atoms with Gasteiger partial charge in [-0.2, -0.15) is 13.1 Å². The highest BCUT2D eigenvalue weighted by Crippen LogP contribution is 2.29. The summed E-state index contributed by atoms with van der Waals surface area (Å²) in [6.07, 6.45) is 0.985. The van der Waals surface area contributed by atoms with Crippen LogP contribution >= 0.6 is 0 Å². The van der Waals surface area contributed by atoms with Crippen molar-refractivity contribution in [3.63, 3.8) is 0 Å². The third kappa shape index (κ3) is 6.07. The lowest BCUT2D eigenvalue weighted by molar-refractivity contribution is 0.116.